The molecular formula is C14H18N4O. The Morgan fingerprint density at radius 2 is 2.00 bits per heavy atom. The van der Waals surface area contributed by atoms with Crippen molar-refractivity contribution in [2.75, 3.05) is 10.6 Å². The summed E-state index contributed by atoms with van der Waals surface area (Å²) in [7, 11) is 0. The number of aromatic nitrogens is 2. The minimum Gasteiger partial charge on any atom is -0.397 e. The summed E-state index contributed by atoms with van der Waals surface area (Å²) in [6.45, 7) is 0. The van der Waals surface area contributed by atoms with E-state index in [4.69, 9.17) is 5.73 Å². The molecule has 2 saturated heterocycles. The summed E-state index contributed by atoms with van der Waals surface area (Å²) in [4.78, 5) is 2.42. The number of fused-ring (bicyclic) bond motifs is 3. The molecular weight excluding hydrogens is 240 g/mol. The predicted molar refractivity (Wildman–Crippen MR) is 75.0 cm³/mol. The summed E-state index contributed by atoms with van der Waals surface area (Å²) < 4.78 is 0. The first kappa shape index (κ1) is 11.1. The third kappa shape index (κ3) is 1.61. The van der Waals surface area contributed by atoms with Gasteiger partial charge in [0.25, 0.3) is 0 Å². The molecule has 5 nitrogen and oxygen atoms in total. The molecule has 5 heteroatoms. The van der Waals surface area contributed by atoms with E-state index in [2.05, 4.69) is 21.2 Å². The lowest BCUT2D eigenvalue weighted by Gasteiger charge is -2.39. The average Bonchev–Trinajstić information content (AvgIpc) is 2.91. The molecule has 4 rings (SSSR count). The maximum Gasteiger partial charge on any atom is 0.0672 e. The molecule has 2 fully saturated rings. The van der Waals surface area contributed by atoms with Crippen molar-refractivity contribution in [3.05, 3.63) is 18.3 Å². The van der Waals surface area contributed by atoms with Crippen LogP contribution in [0.4, 0.5) is 11.4 Å². The molecule has 19 heavy (non-hydrogen) atoms. The summed E-state index contributed by atoms with van der Waals surface area (Å²) in [5.74, 6) is 0. The number of hydrogen-bond acceptors (Lipinski definition) is 4. The van der Waals surface area contributed by atoms with Gasteiger partial charge >= 0.3 is 0 Å². The van der Waals surface area contributed by atoms with Gasteiger partial charge in [-0.05, 0) is 37.8 Å². The van der Waals surface area contributed by atoms with Gasteiger partial charge in [0.2, 0.25) is 0 Å². The fraction of sp³-hybridized carbons (Fsp3) is 0.500. The monoisotopic (exact) mass is 258 g/mol. The van der Waals surface area contributed by atoms with E-state index in [0.29, 0.717) is 12.1 Å². The highest BCUT2D eigenvalue weighted by molar-refractivity contribution is 5.89. The van der Waals surface area contributed by atoms with E-state index in [-0.39, 0.29) is 6.10 Å². The van der Waals surface area contributed by atoms with Crippen LogP contribution in [-0.4, -0.2) is 33.5 Å². The smallest absolute Gasteiger partial charge is 0.0672 e. The van der Waals surface area contributed by atoms with Crippen LogP contribution in [0.5, 0.6) is 0 Å². The second kappa shape index (κ2) is 3.87. The fourth-order valence-electron chi connectivity index (χ4n) is 3.76. The van der Waals surface area contributed by atoms with Crippen molar-refractivity contribution in [1.29, 1.82) is 0 Å². The molecule has 0 aliphatic carbocycles. The maximum absolute atomic E-state index is 9.89. The van der Waals surface area contributed by atoms with Gasteiger partial charge in [-0.2, -0.15) is 5.10 Å². The lowest BCUT2D eigenvalue weighted by Crippen LogP contribution is -2.45. The third-order valence-corrected chi connectivity index (χ3v) is 4.57. The summed E-state index contributed by atoms with van der Waals surface area (Å²) in [6, 6.07) is 4.94. The van der Waals surface area contributed by atoms with Crippen LogP contribution < -0.4 is 10.6 Å². The van der Waals surface area contributed by atoms with E-state index >= 15 is 0 Å². The maximum atomic E-state index is 9.89. The molecule has 1 aromatic carbocycles. The van der Waals surface area contributed by atoms with Crippen LogP contribution >= 0.6 is 0 Å². The highest BCUT2D eigenvalue weighted by Crippen LogP contribution is 2.42. The van der Waals surface area contributed by atoms with Crippen molar-refractivity contribution in [1.82, 2.24) is 10.2 Å². The topological polar surface area (TPSA) is 78.2 Å². The average molecular weight is 258 g/mol. The number of nitrogen functional groups attached to an aromatic ring is 1. The van der Waals surface area contributed by atoms with E-state index < -0.39 is 0 Å². The molecule has 2 aromatic rings. The molecule has 0 radical (unpaired) electrons. The number of nitrogens with two attached hydrogens (primary N) is 1. The number of piperidine rings is 1. The van der Waals surface area contributed by atoms with E-state index in [1.807, 2.05) is 6.07 Å². The van der Waals surface area contributed by atoms with Crippen LogP contribution in [0.25, 0.3) is 10.9 Å². The number of aliphatic hydroxyl groups excluding tert-OH is 1. The van der Waals surface area contributed by atoms with Crippen molar-refractivity contribution in [2.45, 2.75) is 43.9 Å². The van der Waals surface area contributed by atoms with Gasteiger partial charge in [-0.15, -0.1) is 0 Å². The van der Waals surface area contributed by atoms with Crippen molar-refractivity contribution < 1.29 is 5.11 Å². The van der Waals surface area contributed by atoms with Gasteiger partial charge in [0.15, 0.2) is 0 Å². The van der Waals surface area contributed by atoms with E-state index in [9.17, 15) is 5.11 Å². The van der Waals surface area contributed by atoms with Gasteiger partial charge < -0.3 is 15.7 Å². The van der Waals surface area contributed by atoms with Gasteiger partial charge in [0.05, 0.1) is 29.2 Å². The van der Waals surface area contributed by atoms with Gasteiger partial charge in [0, 0.05) is 17.5 Å². The Morgan fingerprint density at radius 1 is 1.26 bits per heavy atom. The quantitative estimate of drug-likeness (QED) is 0.679. The standard InChI is InChI=1S/C14H18N4O/c15-12-3-8-7-16-17-13(8)6-14(12)18-9-1-2-10(18)5-11(19)4-9/h3,6-7,9-11,19H,1-2,4-5,15H2,(H,16,17). The van der Waals surface area contributed by atoms with Crippen LogP contribution in [0, 0.1) is 0 Å². The van der Waals surface area contributed by atoms with Crippen molar-refractivity contribution in [2.24, 2.45) is 0 Å². The Morgan fingerprint density at radius 3 is 2.74 bits per heavy atom. The molecule has 0 spiro atoms. The third-order valence-electron chi connectivity index (χ3n) is 4.57. The Hall–Kier alpha value is -1.75. The molecule has 3 heterocycles. The molecule has 100 valence electrons. The summed E-state index contributed by atoms with van der Waals surface area (Å²) in [5, 5.41) is 18.0. The number of aliphatic hydroxyl groups is 1. The SMILES string of the molecule is Nc1cc2cn[nH]c2cc1N1C2CCC1CC(O)C2. The van der Waals surface area contributed by atoms with Crippen molar-refractivity contribution in [3.8, 4) is 0 Å². The highest BCUT2D eigenvalue weighted by atomic mass is 16.3. The summed E-state index contributed by atoms with van der Waals surface area (Å²) in [5.41, 5.74) is 9.14. The first-order valence-electron chi connectivity index (χ1n) is 6.91. The molecule has 2 aliphatic heterocycles. The first-order chi connectivity index (χ1) is 9.22. The Balaban J connectivity index is 1.79. The minimum atomic E-state index is -0.147. The van der Waals surface area contributed by atoms with Gasteiger partial charge in [-0.25, -0.2) is 0 Å². The van der Waals surface area contributed by atoms with Crippen LogP contribution in [0.1, 0.15) is 25.7 Å². The molecule has 1 aromatic heterocycles. The number of anilines is 2. The van der Waals surface area contributed by atoms with E-state index in [0.717, 1.165) is 48.0 Å². The Labute approximate surface area is 111 Å². The molecule has 2 aliphatic rings. The van der Waals surface area contributed by atoms with Gasteiger partial charge in [-0.1, -0.05) is 0 Å². The number of hydrogen-bond donors (Lipinski definition) is 3. The van der Waals surface area contributed by atoms with Crippen molar-refractivity contribution >= 4 is 22.3 Å². The lowest BCUT2D eigenvalue weighted by atomic mass is 9.98. The largest absolute Gasteiger partial charge is 0.397 e. The summed E-state index contributed by atoms with van der Waals surface area (Å²) in [6.07, 6.45) is 5.67. The number of benzene rings is 1. The number of nitrogens with zero attached hydrogens (tertiary/aromatic N) is 2. The van der Waals surface area contributed by atoms with Crippen LogP contribution in [0.2, 0.25) is 0 Å². The zero-order chi connectivity index (χ0) is 13.0. The molecule has 2 atom stereocenters. The number of H-pyrrole nitrogens is 1. The zero-order valence-corrected chi connectivity index (χ0v) is 10.7. The molecule has 4 N–H and O–H groups in total. The normalized spacial score (nSPS) is 30.2. The molecule has 2 unspecified atom stereocenters. The lowest BCUT2D eigenvalue weighted by molar-refractivity contribution is 0.126. The Bertz CT molecular complexity index is 609. The van der Waals surface area contributed by atoms with E-state index in [1.165, 1.54) is 0 Å². The molecule has 0 saturated carbocycles. The predicted octanol–water partition coefficient (Wildman–Crippen LogP) is 1.64. The molecule has 0 amide bonds. The van der Waals surface area contributed by atoms with E-state index in [1.54, 1.807) is 6.20 Å². The number of nitrogens with one attached hydrogen (secondary N) is 1. The van der Waals surface area contributed by atoms with Crippen molar-refractivity contribution in [3.63, 3.8) is 0 Å². The second-order valence-electron chi connectivity index (χ2n) is 5.79. The van der Waals surface area contributed by atoms with Crippen LogP contribution in [-0.2, 0) is 0 Å². The second-order valence-corrected chi connectivity index (χ2v) is 5.79. The zero-order valence-electron chi connectivity index (χ0n) is 10.7. The first-order valence-corrected chi connectivity index (χ1v) is 6.91. The Kier molecular flexibility index (Phi) is 2.26. The fourth-order valence-corrected chi connectivity index (χ4v) is 3.76. The summed E-state index contributed by atoms with van der Waals surface area (Å²) >= 11 is 0. The van der Waals surface area contributed by atoms with Gasteiger partial charge in [0.1, 0.15) is 0 Å². The number of rotatable bonds is 1. The van der Waals surface area contributed by atoms with Crippen LogP contribution in [0.3, 0.4) is 0 Å². The molecule has 2 bridgehead atoms. The minimum absolute atomic E-state index is 0.147. The van der Waals surface area contributed by atoms with Crippen LogP contribution in [0.15, 0.2) is 18.3 Å². The highest BCUT2D eigenvalue weighted by Gasteiger charge is 2.40. The number of aromatic amines is 1. The van der Waals surface area contributed by atoms with Gasteiger partial charge in [-0.3, -0.25) is 5.10 Å².